The Kier molecular flexibility index (Phi) is 3.73. The highest BCUT2D eigenvalue weighted by Crippen LogP contribution is 2.15. The first-order chi connectivity index (χ1) is 11.0. The van der Waals surface area contributed by atoms with Crippen LogP contribution >= 0.6 is 0 Å². The van der Waals surface area contributed by atoms with E-state index in [2.05, 4.69) is 5.32 Å². The summed E-state index contributed by atoms with van der Waals surface area (Å²) in [5, 5.41) is 2.72. The molecule has 0 radical (unpaired) electrons. The van der Waals surface area contributed by atoms with Crippen molar-refractivity contribution >= 4 is 22.6 Å². The van der Waals surface area contributed by atoms with Crippen LogP contribution in [0.1, 0.15) is 5.56 Å². The largest absolute Gasteiger partial charge is 0.328 e. The molecule has 0 saturated carbocycles. The van der Waals surface area contributed by atoms with Crippen molar-refractivity contribution in [2.24, 2.45) is 14.1 Å². The van der Waals surface area contributed by atoms with Crippen LogP contribution in [0.3, 0.4) is 0 Å². The predicted molar refractivity (Wildman–Crippen MR) is 86.9 cm³/mol. The Hall–Kier alpha value is -2.89. The van der Waals surface area contributed by atoms with Crippen molar-refractivity contribution in [2.45, 2.75) is 6.42 Å². The van der Waals surface area contributed by atoms with E-state index in [1.54, 1.807) is 23.2 Å². The Labute approximate surface area is 132 Å². The van der Waals surface area contributed by atoms with Crippen molar-refractivity contribution in [3.05, 3.63) is 64.3 Å². The van der Waals surface area contributed by atoms with Gasteiger partial charge >= 0.3 is 5.69 Å². The molecule has 3 aromatic rings. The lowest BCUT2D eigenvalue weighted by molar-refractivity contribution is -0.115. The molecular weight excluding hydrogens is 297 g/mol. The van der Waals surface area contributed by atoms with Gasteiger partial charge in [0.15, 0.2) is 0 Å². The van der Waals surface area contributed by atoms with Crippen molar-refractivity contribution in [3.63, 3.8) is 0 Å². The van der Waals surface area contributed by atoms with Gasteiger partial charge in [-0.05, 0) is 42.0 Å². The minimum absolute atomic E-state index is 0.104. The molecule has 1 aromatic heterocycles. The van der Waals surface area contributed by atoms with Crippen molar-refractivity contribution < 1.29 is 9.18 Å². The Morgan fingerprint density at radius 3 is 2.39 bits per heavy atom. The lowest BCUT2D eigenvalue weighted by Crippen LogP contribution is -2.19. The van der Waals surface area contributed by atoms with Crippen LogP contribution in [0.2, 0.25) is 0 Å². The number of rotatable bonds is 3. The van der Waals surface area contributed by atoms with E-state index in [4.69, 9.17) is 0 Å². The first-order valence-corrected chi connectivity index (χ1v) is 7.15. The second-order valence-electron chi connectivity index (χ2n) is 5.46. The van der Waals surface area contributed by atoms with Crippen LogP contribution in [0.4, 0.5) is 10.1 Å². The third-order valence-corrected chi connectivity index (χ3v) is 3.83. The molecule has 1 heterocycles. The fourth-order valence-corrected chi connectivity index (χ4v) is 2.59. The van der Waals surface area contributed by atoms with E-state index in [9.17, 15) is 14.0 Å². The highest BCUT2D eigenvalue weighted by Gasteiger charge is 2.10. The number of imidazole rings is 1. The zero-order chi connectivity index (χ0) is 16.6. The minimum atomic E-state index is -0.349. The molecular formula is C17H16FN3O2. The quantitative estimate of drug-likeness (QED) is 0.806. The van der Waals surface area contributed by atoms with E-state index >= 15 is 0 Å². The number of halogens is 1. The molecule has 23 heavy (non-hydrogen) atoms. The van der Waals surface area contributed by atoms with Crippen LogP contribution in [-0.2, 0) is 25.3 Å². The van der Waals surface area contributed by atoms with Gasteiger partial charge in [0.2, 0.25) is 5.91 Å². The first-order valence-electron chi connectivity index (χ1n) is 7.15. The second-order valence-corrected chi connectivity index (χ2v) is 5.46. The number of hydrogen-bond donors (Lipinski definition) is 1. The zero-order valence-corrected chi connectivity index (χ0v) is 12.8. The van der Waals surface area contributed by atoms with E-state index in [-0.39, 0.29) is 23.8 Å². The average Bonchev–Trinajstić information content (AvgIpc) is 2.74. The van der Waals surface area contributed by atoms with E-state index in [0.717, 1.165) is 16.6 Å². The lowest BCUT2D eigenvalue weighted by atomic mass is 10.1. The van der Waals surface area contributed by atoms with Crippen LogP contribution in [-0.4, -0.2) is 15.0 Å². The molecule has 0 unspecified atom stereocenters. The SMILES string of the molecule is Cn1c(=O)n(C)c2cc(CC(=O)Nc3ccc(F)cc3)ccc21. The summed E-state index contributed by atoms with van der Waals surface area (Å²) in [5.74, 6) is -0.546. The van der Waals surface area contributed by atoms with E-state index in [1.807, 2.05) is 18.2 Å². The highest BCUT2D eigenvalue weighted by atomic mass is 19.1. The molecule has 3 rings (SSSR count). The van der Waals surface area contributed by atoms with Gasteiger partial charge in [-0.15, -0.1) is 0 Å². The summed E-state index contributed by atoms with van der Waals surface area (Å²) in [7, 11) is 3.42. The van der Waals surface area contributed by atoms with Crippen LogP contribution in [0.15, 0.2) is 47.3 Å². The number of carbonyl (C=O) groups is 1. The molecule has 0 aliphatic heterocycles. The minimum Gasteiger partial charge on any atom is -0.326 e. The Morgan fingerprint density at radius 1 is 1.04 bits per heavy atom. The number of aryl methyl sites for hydroxylation is 2. The third kappa shape index (κ3) is 2.88. The van der Waals surface area contributed by atoms with Gasteiger partial charge in [0.05, 0.1) is 17.5 Å². The maximum atomic E-state index is 12.8. The number of carbonyl (C=O) groups excluding carboxylic acids is 1. The predicted octanol–water partition coefficient (Wildman–Crippen LogP) is 2.20. The van der Waals surface area contributed by atoms with Gasteiger partial charge in [-0.3, -0.25) is 13.9 Å². The molecule has 5 nitrogen and oxygen atoms in total. The summed E-state index contributed by atoms with van der Waals surface area (Å²) in [6, 6.07) is 11.1. The molecule has 0 bridgehead atoms. The third-order valence-electron chi connectivity index (χ3n) is 3.83. The fourth-order valence-electron chi connectivity index (χ4n) is 2.59. The van der Waals surface area contributed by atoms with E-state index in [1.165, 1.54) is 24.3 Å². The molecule has 6 heteroatoms. The second kappa shape index (κ2) is 5.72. The van der Waals surface area contributed by atoms with Crippen LogP contribution in [0, 0.1) is 5.82 Å². The van der Waals surface area contributed by atoms with Crippen molar-refractivity contribution in [3.8, 4) is 0 Å². The number of fused-ring (bicyclic) bond motifs is 1. The normalized spacial score (nSPS) is 10.9. The molecule has 0 aliphatic carbocycles. The number of nitrogens with one attached hydrogen (secondary N) is 1. The molecule has 0 fully saturated rings. The van der Waals surface area contributed by atoms with Gasteiger partial charge in [0, 0.05) is 19.8 Å². The number of aromatic nitrogens is 2. The zero-order valence-electron chi connectivity index (χ0n) is 12.8. The smallest absolute Gasteiger partial charge is 0.326 e. The summed E-state index contributed by atoms with van der Waals surface area (Å²) >= 11 is 0. The van der Waals surface area contributed by atoms with Gasteiger partial charge in [-0.2, -0.15) is 0 Å². The van der Waals surface area contributed by atoms with E-state index < -0.39 is 0 Å². The molecule has 0 aliphatic rings. The number of amides is 1. The molecule has 0 atom stereocenters. The summed E-state index contributed by atoms with van der Waals surface area (Å²) in [5.41, 5.74) is 2.85. The summed E-state index contributed by atoms with van der Waals surface area (Å²) in [6.07, 6.45) is 0.177. The molecule has 1 N–H and O–H groups in total. The number of hydrogen-bond acceptors (Lipinski definition) is 2. The maximum Gasteiger partial charge on any atom is 0.328 e. The van der Waals surface area contributed by atoms with Crippen molar-refractivity contribution in [2.75, 3.05) is 5.32 Å². The van der Waals surface area contributed by atoms with E-state index in [0.29, 0.717) is 5.69 Å². The topological polar surface area (TPSA) is 56.0 Å². The first kappa shape index (κ1) is 15.0. The summed E-state index contributed by atoms with van der Waals surface area (Å²) in [6.45, 7) is 0. The van der Waals surface area contributed by atoms with Crippen LogP contribution < -0.4 is 11.0 Å². The fraction of sp³-hybridized carbons (Fsp3) is 0.176. The summed E-state index contributed by atoms with van der Waals surface area (Å²) in [4.78, 5) is 24.0. The van der Waals surface area contributed by atoms with Gasteiger partial charge in [0.1, 0.15) is 5.82 Å². The van der Waals surface area contributed by atoms with Gasteiger partial charge in [-0.1, -0.05) is 6.07 Å². The Bertz CT molecular complexity index is 939. The van der Waals surface area contributed by atoms with Crippen LogP contribution in [0.5, 0.6) is 0 Å². The standard InChI is InChI=1S/C17H16FN3O2/c1-20-14-8-3-11(9-15(14)21(2)17(20)23)10-16(22)19-13-6-4-12(18)5-7-13/h3-9H,10H2,1-2H3,(H,19,22). The van der Waals surface area contributed by atoms with Gasteiger partial charge < -0.3 is 5.32 Å². The molecule has 2 aromatic carbocycles. The average molecular weight is 313 g/mol. The number of nitrogens with zero attached hydrogens (tertiary/aromatic N) is 2. The number of benzene rings is 2. The number of anilines is 1. The molecule has 0 spiro atoms. The Balaban J connectivity index is 1.81. The molecule has 118 valence electrons. The van der Waals surface area contributed by atoms with Crippen LogP contribution in [0.25, 0.3) is 11.0 Å². The molecule has 1 amide bonds. The molecule has 0 saturated heterocycles. The van der Waals surface area contributed by atoms with Crippen molar-refractivity contribution in [1.82, 2.24) is 9.13 Å². The summed E-state index contributed by atoms with van der Waals surface area (Å²) < 4.78 is 16.0. The van der Waals surface area contributed by atoms with Gasteiger partial charge in [-0.25, -0.2) is 9.18 Å². The van der Waals surface area contributed by atoms with Crippen molar-refractivity contribution in [1.29, 1.82) is 0 Å². The Morgan fingerprint density at radius 2 is 1.70 bits per heavy atom. The highest BCUT2D eigenvalue weighted by molar-refractivity contribution is 5.92. The monoisotopic (exact) mass is 313 g/mol. The van der Waals surface area contributed by atoms with Gasteiger partial charge in [0.25, 0.3) is 0 Å². The maximum absolute atomic E-state index is 12.8. The lowest BCUT2D eigenvalue weighted by Gasteiger charge is -2.06.